The number of halogens is 1. The van der Waals surface area contributed by atoms with Crippen molar-refractivity contribution in [1.82, 2.24) is 0 Å². The SMILES string of the molecule is CCOC(C(N)c1ccc(F)c(C)c1)C(C)(C)C. The van der Waals surface area contributed by atoms with E-state index in [1.807, 2.05) is 6.92 Å². The molecule has 102 valence electrons. The summed E-state index contributed by atoms with van der Waals surface area (Å²) in [5.41, 5.74) is 7.76. The Balaban J connectivity index is 3.01. The highest BCUT2D eigenvalue weighted by Gasteiger charge is 2.31. The van der Waals surface area contributed by atoms with Gasteiger partial charge in [-0.25, -0.2) is 4.39 Å². The zero-order valence-corrected chi connectivity index (χ0v) is 12.0. The maximum absolute atomic E-state index is 13.3. The molecule has 0 saturated carbocycles. The van der Waals surface area contributed by atoms with Crippen molar-refractivity contribution < 1.29 is 9.13 Å². The lowest BCUT2D eigenvalue weighted by molar-refractivity contribution is -0.0283. The molecule has 0 radical (unpaired) electrons. The van der Waals surface area contributed by atoms with Crippen LogP contribution in [0.2, 0.25) is 0 Å². The van der Waals surface area contributed by atoms with Gasteiger partial charge in [-0.2, -0.15) is 0 Å². The summed E-state index contributed by atoms with van der Waals surface area (Å²) < 4.78 is 19.0. The van der Waals surface area contributed by atoms with E-state index < -0.39 is 0 Å². The smallest absolute Gasteiger partial charge is 0.126 e. The standard InChI is InChI=1S/C15H24FNO/c1-6-18-14(15(3,4)5)13(17)11-7-8-12(16)10(2)9-11/h7-9,13-14H,6,17H2,1-5H3. The van der Waals surface area contributed by atoms with Gasteiger partial charge in [0.1, 0.15) is 5.82 Å². The molecule has 2 atom stereocenters. The molecular weight excluding hydrogens is 229 g/mol. The van der Waals surface area contributed by atoms with E-state index in [2.05, 4.69) is 20.8 Å². The summed E-state index contributed by atoms with van der Waals surface area (Å²) in [7, 11) is 0. The van der Waals surface area contributed by atoms with Crippen molar-refractivity contribution >= 4 is 0 Å². The van der Waals surface area contributed by atoms with Crippen molar-refractivity contribution in [3.05, 3.63) is 35.1 Å². The molecule has 1 aromatic carbocycles. The van der Waals surface area contributed by atoms with E-state index in [0.29, 0.717) is 12.2 Å². The second-order valence-corrected chi connectivity index (χ2v) is 5.78. The molecule has 0 aliphatic carbocycles. The first-order valence-electron chi connectivity index (χ1n) is 6.40. The molecule has 0 aromatic heterocycles. The zero-order valence-electron chi connectivity index (χ0n) is 12.0. The Kier molecular flexibility index (Phi) is 4.88. The summed E-state index contributed by atoms with van der Waals surface area (Å²) in [6.07, 6.45) is -0.0904. The number of rotatable bonds is 4. The predicted octanol–water partition coefficient (Wildman–Crippen LogP) is 3.59. The van der Waals surface area contributed by atoms with Crippen molar-refractivity contribution in [2.24, 2.45) is 11.1 Å². The van der Waals surface area contributed by atoms with Crippen molar-refractivity contribution in [3.63, 3.8) is 0 Å². The molecule has 2 nitrogen and oxygen atoms in total. The average molecular weight is 253 g/mol. The molecule has 0 bridgehead atoms. The van der Waals surface area contributed by atoms with Gasteiger partial charge < -0.3 is 10.5 Å². The van der Waals surface area contributed by atoms with E-state index >= 15 is 0 Å². The van der Waals surface area contributed by atoms with Gasteiger partial charge in [0.2, 0.25) is 0 Å². The summed E-state index contributed by atoms with van der Waals surface area (Å²) in [4.78, 5) is 0. The third kappa shape index (κ3) is 3.53. The van der Waals surface area contributed by atoms with Gasteiger partial charge in [-0.15, -0.1) is 0 Å². The Morgan fingerprint density at radius 1 is 1.33 bits per heavy atom. The number of ether oxygens (including phenoxy) is 1. The number of hydrogen-bond acceptors (Lipinski definition) is 2. The molecule has 0 spiro atoms. The highest BCUT2D eigenvalue weighted by Crippen LogP contribution is 2.31. The minimum absolute atomic E-state index is 0.0578. The van der Waals surface area contributed by atoms with E-state index in [4.69, 9.17) is 10.5 Å². The van der Waals surface area contributed by atoms with E-state index in [9.17, 15) is 4.39 Å². The molecule has 0 saturated heterocycles. The van der Waals surface area contributed by atoms with Crippen LogP contribution in [0, 0.1) is 18.2 Å². The normalized spacial score (nSPS) is 15.5. The first-order valence-corrected chi connectivity index (χ1v) is 6.40. The molecule has 0 aliphatic heterocycles. The second-order valence-electron chi connectivity index (χ2n) is 5.78. The Morgan fingerprint density at radius 3 is 2.39 bits per heavy atom. The fourth-order valence-electron chi connectivity index (χ4n) is 2.12. The van der Waals surface area contributed by atoms with E-state index in [1.165, 1.54) is 6.07 Å². The first-order chi connectivity index (χ1) is 8.27. The summed E-state index contributed by atoms with van der Waals surface area (Å²) in [5, 5.41) is 0. The topological polar surface area (TPSA) is 35.2 Å². The van der Waals surface area contributed by atoms with Crippen molar-refractivity contribution in [2.75, 3.05) is 6.61 Å². The Morgan fingerprint density at radius 2 is 1.94 bits per heavy atom. The Bertz CT molecular complexity index is 398. The molecule has 3 heteroatoms. The maximum atomic E-state index is 13.3. The zero-order chi connectivity index (χ0) is 13.9. The van der Waals surface area contributed by atoms with Gasteiger partial charge in [0.15, 0.2) is 0 Å². The quantitative estimate of drug-likeness (QED) is 0.890. The number of benzene rings is 1. The molecule has 1 rings (SSSR count). The van der Waals surface area contributed by atoms with Gasteiger partial charge >= 0.3 is 0 Å². The molecule has 0 aliphatic rings. The van der Waals surface area contributed by atoms with Crippen LogP contribution in [0.25, 0.3) is 0 Å². The van der Waals surface area contributed by atoms with Crippen LogP contribution in [0.15, 0.2) is 18.2 Å². The van der Waals surface area contributed by atoms with Crippen molar-refractivity contribution in [3.8, 4) is 0 Å². The summed E-state index contributed by atoms with van der Waals surface area (Å²) in [6, 6.07) is 4.77. The Labute approximate surface area is 109 Å². The van der Waals surface area contributed by atoms with Gasteiger partial charge in [0.25, 0.3) is 0 Å². The van der Waals surface area contributed by atoms with Crippen LogP contribution in [0.4, 0.5) is 4.39 Å². The average Bonchev–Trinajstić information content (AvgIpc) is 2.27. The van der Waals surface area contributed by atoms with Crippen LogP contribution < -0.4 is 5.73 Å². The molecular formula is C15H24FNO. The summed E-state index contributed by atoms with van der Waals surface area (Å²) in [5.74, 6) is -0.199. The molecule has 0 heterocycles. The van der Waals surface area contributed by atoms with Crippen LogP contribution in [0.5, 0.6) is 0 Å². The predicted molar refractivity (Wildman–Crippen MR) is 72.9 cm³/mol. The lowest BCUT2D eigenvalue weighted by Crippen LogP contribution is -2.39. The fraction of sp³-hybridized carbons (Fsp3) is 0.600. The largest absolute Gasteiger partial charge is 0.376 e. The molecule has 18 heavy (non-hydrogen) atoms. The van der Waals surface area contributed by atoms with Crippen LogP contribution in [0.3, 0.4) is 0 Å². The monoisotopic (exact) mass is 253 g/mol. The Hall–Kier alpha value is -0.930. The maximum Gasteiger partial charge on any atom is 0.126 e. The van der Waals surface area contributed by atoms with Gasteiger partial charge in [-0.1, -0.05) is 32.9 Å². The van der Waals surface area contributed by atoms with E-state index in [0.717, 1.165) is 5.56 Å². The third-order valence-corrected chi connectivity index (χ3v) is 3.09. The second kappa shape index (κ2) is 5.81. The van der Waals surface area contributed by atoms with Crippen molar-refractivity contribution in [1.29, 1.82) is 0 Å². The van der Waals surface area contributed by atoms with E-state index in [-0.39, 0.29) is 23.4 Å². The molecule has 0 fully saturated rings. The molecule has 2 N–H and O–H groups in total. The molecule has 0 amide bonds. The highest BCUT2D eigenvalue weighted by molar-refractivity contribution is 5.27. The number of nitrogens with two attached hydrogens (primary N) is 1. The summed E-state index contributed by atoms with van der Waals surface area (Å²) >= 11 is 0. The highest BCUT2D eigenvalue weighted by atomic mass is 19.1. The minimum Gasteiger partial charge on any atom is -0.376 e. The fourth-order valence-corrected chi connectivity index (χ4v) is 2.12. The molecule has 2 unspecified atom stereocenters. The first kappa shape index (κ1) is 15.1. The lowest BCUT2D eigenvalue weighted by atomic mass is 9.82. The lowest BCUT2D eigenvalue weighted by Gasteiger charge is -2.35. The van der Waals surface area contributed by atoms with E-state index in [1.54, 1.807) is 19.1 Å². The van der Waals surface area contributed by atoms with Crippen LogP contribution in [-0.4, -0.2) is 12.7 Å². The van der Waals surface area contributed by atoms with Gasteiger partial charge in [0.05, 0.1) is 12.1 Å². The third-order valence-electron chi connectivity index (χ3n) is 3.09. The van der Waals surface area contributed by atoms with Crippen LogP contribution in [-0.2, 0) is 4.74 Å². The summed E-state index contributed by atoms with van der Waals surface area (Å²) in [6.45, 7) is 10.6. The van der Waals surface area contributed by atoms with Crippen LogP contribution >= 0.6 is 0 Å². The minimum atomic E-state index is -0.246. The number of hydrogen-bond donors (Lipinski definition) is 1. The van der Waals surface area contributed by atoms with Gasteiger partial charge in [0, 0.05) is 6.61 Å². The van der Waals surface area contributed by atoms with Crippen LogP contribution in [0.1, 0.15) is 44.9 Å². The number of aryl methyl sites for hydroxylation is 1. The van der Waals surface area contributed by atoms with Gasteiger partial charge in [-0.3, -0.25) is 0 Å². The van der Waals surface area contributed by atoms with Gasteiger partial charge in [-0.05, 0) is 36.5 Å². The molecule has 1 aromatic rings. The van der Waals surface area contributed by atoms with Crippen molar-refractivity contribution in [2.45, 2.75) is 46.8 Å².